The maximum atomic E-state index is 13.2. The summed E-state index contributed by atoms with van der Waals surface area (Å²) >= 11 is 0. The van der Waals surface area contributed by atoms with Gasteiger partial charge in [-0.3, -0.25) is 10.8 Å². The van der Waals surface area contributed by atoms with E-state index in [-0.39, 0.29) is 11.9 Å². The second kappa shape index (κ2) is 4.79. The van der Waals surface area contributed by atoms with Gasteiger partial charge in [-0.2, -0.15) is 0 Å². The van der Waals surface area contributed by atoms with Gasteiger partial charge < -0.3 is 4.42 Å². The highest BCUT2D eigenvalue weighted by Crippen LogP contribution is 2.27. The number of furan rings is 1. The van der Waals surface area contributed by atoms with Gasteiger partial charge in [0.1, 0.15) is 23.2 Å². The molecule has 2 heterocycles. The van der Waals surface area contributed by atoms with Crippen LogP contribution in [0.4, 0.5) is 4.39 Å². The molecule has 1 unspecified atom stereocenters. The van der Waals surface area contributed by atoms with E-state index in [0.29, 0.717) is 16.7 Å². The predicted molar refractivity (Wildman–Crippen MR) is 69.6 cm³/mol. The highest BCUT2D eigenvalue weighted by atomic mass is 19.1. The van der Waals surface area contributed by atoms with E-state index in [9.17, 15) is 4.39 Å². The number of pyridine rings is 1. The first-order valence-electron chi connectivity index (χ1n) is 5.83. The number of nitrogens with one attached hydrogen (secondary N) is 1. The number of fused-ring (bicyclic) bond motifs is 1. The van der Waals surface area contributed by atoms with Crippen molar-refractivity contribution in [2.75, 3.05) is 0 Å². The Morgan fingerprint density at radius 1 is 1.16 bits per heavy atom. The zero-order valence-corrected chi connectivity index (χ0v) is 10.0. The van der Waals surface area contributed by atoms with Crippen LogP contribution in [0.2, 0.25) is 0 Å². The van der Waals surface area contributed by atoms with Crippen LogP contribution in [0.5, 0.6) is 0 Å². The Hall–Kier alpha value is -2.24. The van der Waals surface area contributed by atoms with Gasteiger partial charge in [-0.25, -0.2) is 9.82 Å². The first kappa shape index (κ1) is 11.8. The zero-order valence-electron chi connectivity index (χ0n) is 10.0. The third kappa shape index (κ3) is 2.21. The fourth-order valence-electron chi connectivity index (χ4n) is 2.08. The van der Waals surface area contributed by atoms with Crippen LogP contribution in [-0.4, -0.2) is 4.98 Å². The molecular formula is C14H12FN3O. The van der Waals surface area contributed by atoms with E-state index in [0.717, 1.165) is 5.56 Å². The minimum Gasteiger partial charge on any atom is -0.459 e. The molecule has 0 fully saturated rings. The smallest absolute Gasteiger partial charge is 0.134 e. The maximum absolute atomic E-state index is 13.2. The van der Waals surface area contributed by atoms with Crippen LogP contribution in [0.15, 0.2) is 53.2 Å². The molecule has 19 heavy (non-hydrogen) atoms. The zero-order chi connectivity index (χ0) is 13.2. The number of hydrazine groups is 1. The standard InChI is InChI=1S/C14H12FN3O/c15-11-1-2-12-10(7-11)8-13(19-12)14(18-16)9-3-5-17-6-4-9/h1-8,14,18H,16H2. The summed E-state index contributed by atoms with van der Waals surface area (Å²) in [6, 6.07) is 9.59. The Balaban J connectivity index is 2.07. The van der Waals surface area contributed by atoms with Crippen LogP contribution in [0, 0.1) is 5.82 Å². The molecule has 1 aromatic carbocycles. The third-order valence-electron chi connectivity index (χ3n) is 2.99. The fraction of sp³-hybridized carbons (Fsp3) is 0.0714. The van der Waals surface area contributed by atoms with E-state index in [4.69, 9.17) is 10.3 Å². The molecule has 3 rings (SSSR count). The molecule has 2 aromatic heterocycles. The van der Waals surface area contributed by atoms with E-state index < -0.39 is 0 Å². The van der Waals surface area contributed by atoms with Crippen molar-refractivity contribution in [2.45, 2.75) is 6.04 Å². The molecule has 0 aliphatic heterocycles. The topological polar surface area (TPSA) is 64.1 Å². The highest BCUT2D eigenvalue weighted by Gasteiger charge is 2.17. The van der Waals surface area contributed by atoms with Gasteiger partial charge in [0.25, 0.3) is 0 Å². The molecule has 0 amide bonds. The Labute approximate surface area is 109 Å². The molecule has 0 aliphatic carbocycles. The predicted octanol–water partition coefficient (Wildman–Crippen LogP) is 2.52. The van der Waals surface area contributed by atoms with E-state index >= 15 is 0 Å². The second-order valence-electron chi connectivity index (χ2n) is 4.21. The van der Waals surface area contributed by atoms with Crippen molar-refractivity contribution in [3.63, 3.8) is 0 Å². The first-order valence-corrected chi connectivity index (χ1v) is 5.83. The number of hydrogen-bond donors (Lipinski definition) is 2. The van der Waals surface area contributed by atoms with E-state index in [1.54, 1.807) is 24.5 Å². The molecule has 96 valence electrons. The summed E-state index contributed by atoms with van der Waals surface area (Å²) in [6.45, 7) is 0. The van der Waals surface area contributed by atoms with Crippen LogP contribution >= 0.6 is 0 Å². The summed E-state index contributed by atoms with van der Waals surface area (Å²) < 4.78 is 18.9. The Bertz CT molecular complexity index is 696. The average molecular weight is 257 g/mol. The molecule has 0 saturated heterocycles. The van der Waals surface area contributed by atoms with E-state index in [2.05, 4.69) is 10.4 Å². The third-order valence-corrected chi connectivity index (χ3v) is 2.99. The quantitative estimate of drug-likeness (QED) is 0.559. The normalized spacial score (nSPS) is 12.7. The Kier molecular flexibility index (Phi) is 2.98. The molecule has 3 aromatic rings. The lowest BCUT2D eigenvalue weighted by Crippen LogP contribution is -2.28. The second-order valence-corrected chi connectivity index (χ2v) is 4.21. The molecule has 0 spiro atoms. The molecule has 0 aliphatic rings. The van der Waals surface area contributed by atoms with Crippen LogP contribution in [-0.2, 0) is 0 Å². The van der Waals surface area contributed by atoms with Gasteiger partial charge >= 0.3 is 0 Å². The van der Waals surface area contributed by atoms with Crippen LogP contribution < -0.4 is 11.3 Å². The number of rotatable bonds is 3. The molecule has 1 atom stereocenters. The minimum absolute atomic E-state index is 0.291. The molecule has 3 N–H and O–H groups in total. The maximum Gasteiger partial charge on any atom is 0.134 e. The van der Waals surface area contributed by atoms with Crippen molar-refractivity contribution >= 4 is 11.0 Å². The molecule has 4 nitrogen and oxygen atoms in total. The number of aromatic nitrogens is 1. The molecule has 5 heteroatoms. The summed E-state index contributed by atoms with van der Waals surface area (Å²) in [7, 11) is 0. The van der Waals surface area contributed by atoms with Gasteiger partial charge in [-0.1, -0.05) is 0 Å². The fourth-order valence-corrected chi connectivity index (χ4v) is 2.08. The molecule has 0 radical (unpaired) electrons. The van der Waals surface area contributed by atoms with Crippen molar-refractivity contribution in [2.24, 2.45) is 5.84 Å². The molecule has 0 bridgehead atoms. The monoisotopic (exact) mass is 257 g/mol. The van der Waals surface area contributed by atoms with Crippen LogP contribution in [0.25, 0.3) is 11.0 Å². The summed E-state index contributed by atoms with van der Waals surface area (Å²) in [5, 5.41) is 0.712. The number of halogens is 1. The van der Waals surface area contributed by atoms with Crippen molar-refractivity contribution in [1.82, 2.24) is 10.4 Å². The lowest BCUT2D eigenvalue weighted by atomic mass is 10.1. The van der Waals surface area contributed by atoms with Gasteiger partial charge in [-0.15, -0.1) is 0 Å². The SMILES string of the molecule is NNC(c1ccncc1)c1cc2cc(F)ccc2o1. The Morgan fingerprint density at radius 3 is 2.68 bits per heavy atom. The number of hydrogen-bond acceptors (Lipinski definition) is 4. The molecule has 0 saturated carbocycles. The van der Waals surface area contributed by atoms with Gasteiger partial charge in [0, 0.05) is 17.8 Å². The average Bonchev–Trinajstić information content (AvgIpc) is 2.83. The van der Waals surface area contributed by atoms with Gasteiger partial charge in [0.15, 0.2) is 0 Å². The van der Waals surface area contributed by atoms with Crippen molar-refractivity contribution in [3.8, 4) is 0 Å². The van der Waals surface area contributed by atoms with E-state index in [1.165, 1.54) is 12.1 Å². The largest absolute Gasteiger partial charge is 0.459 e. The van der Waals surface area contributed by atoms with Crippen LogP contribution in [0.1, 0.15) is 17.4 Å². The van der Waals surface area contributed by atoms with Crippen molar-refractivity contribution in [3.05, 3.63) is 65.9 Å². The minimum atomic E-state index is -0.293. The van der Waals surface area contributed by atoms with Crippen molar-refractivity contribution in [1.29, 1.82) is 0 Å². The van der Waals surface area contributed by atoms with Gasteiger partial charge in [0.05, 0.1) is 0 Å². The number of benzene rings is 1. The number of nitrogens with zero attached hydrogens (tertiary/aromatic N) is 1. The summed E-state index contributed by atoms with van der Waals surface area (Å²) in [5.41, 5.74) is 4.25. The lowest BCUT2D eigenvalue weighted by molar-refractivity contribution is 0.477. The van der Waals surface area contributed by atoms with E-state index in [1.807, 2.05) is 12.1 Å². The summed E-state index contributed by atoms with van der Waals surface area (Å²) in [4.78, 5) is 3.96. The van der Waals surface area contributed by atoms with Gasteiger partial charge in [0.2, 0.25) is 0 Å². The van der Waals surface area contributed by atoms with Crippen LogP contribution in [0.3, 0.4) is 0 Å². The lowest BCUT2D eigenvalue weighted by Gasteiger charge is -2.12. The van der Waals surface area contributed by atoms with Gasteiger partial charge in [-0.05, 0) is 42.0 Å². The first-order chi connectivity index (χ1) is 9.28. The van der Waals surface area contributed by atoms with Crippen molar-refractivity contribution < 1.29 is 8.81 Å². The summed E-state index contributed by atoms with van der Waals surface area (Å²) in [5.74, 6) is 5.93. The summed E-state index contributed by atoms with van der Waals surface area (Å²) in [6.07, 6.45) is 3.37. The number of nitrogens with two attached hydrogens (primary N) is 1. The highest BCUT2D eigenvalue weighted by molar-refractivity contribution is 5.78. The molecular weight excluding hydrogens is 245 g/mol. The Morgan fingerprint density at radius 2 is 1.95 bits per heavy atom.